The molecule has 1 heterocycles. The molecule has 98 valence electrons. The minimum atomic E-state index is 0.374. The summed E-state index contributed by atoms with van der Waals surface area (Å²) in [6, 6.07) is 2.38. The lowest BCUT2D eigenvalue weighted by Crippen LogP contribution is -2.36. The highest BCUT2D eigenvalue weighted by Gasteiger charge is 2.07. The van der Waals surface area contributed by atoms with Crippen LogP contribution in [0.15, 0.2) is 23.0 Å². The third-order valence-corrected chi connectivity index (χ3v) is 3.20. The van der Waals surface area contributed by atoms with E-state index in [2.05, 4.69) is 12.3 Å². The van der Waals surface area contributed by atoms with E-state index in [9.17, 15) is 0 Å². The number of nitrogens with one attached hydrogen (secondary N) is 1. The molecule has 0 aliphatic carbocycles. The van der Waals surface area contributed by atoms with Gasteiger partial charge in [-0.25, -0.2) is 0 Å². The normalized spacial score (nSPS) is 12.8. The maximum atomic E-state index is 5.57. The Kier molecular flexibility index (Phi) is 7.76. The Labute approximate surface area is 105 Å². The van der Waals surface area contributed by atoms with Crippen LogP contribution in [0.3, 0.4) is 0 Å². The average molecular weight is 238 g/mol. The third kappa shape index (κ3) is 6.49. The molecule has 1 unspecified atom stereocenters. The Morgan fingerprint density at radius 2 is 2.00 bits per heavy atom. The van der Waals surface area contributed by atoms with Crippen molar-refractivity contribution in [3.05, 3.63) is 24.2 Å². The van der Waals surface area contributed by atoms with Gasteiger partial charge >= 0.3 is 0 Å². The summed E-state index contributed by atoms with van der Waals surface area (Å²) in [4.78, 5) is 0. The van der Waals surface area contributed by atoms with Gasteiger partial charge in [-0.05, 0) is 24.5 Å². The molecule has 1 aromatic rings. The quantitative estimate of drug-likeness (QED) is 0.373. The summed E-state index contributed by atoms with van der Waals surface area (Å²) in [5.74, 6) is 5.57. The molecule has 0 saturated heterocycles. The molecule has 1 atom stereocenters. The first-order chi connectivity index (χ1) is 8.36. The molecule has 0 aromatic carbocycles. The molecule has 0 amide bonds. The fourth-order valence-corrected chi connectivity index (χ4v) is 2.11. The van der Waals surface area contributed by atoms with Crippen LogP contribution in [0, 0.1) is 0 Å². The zero-order valence-electron chi connectivity index (χ0n) is 11.0. The van der Waals surface area contributed by atoms with Crippen LogP contribution in [0.25, 0.3) is 0 Å². The number of unbranched alkanes of at least 4 members (excludes halogenated alkanes) is 5. The monoisotopic (exact) mass is 238 g/mol. The molecule has 3 heteroatoms. The summed E-state index contributed by atoms with van der Waals surface area (Å²) in [6.07, 6.45) is 13.6. The van der Waals surface area contributed by atoms with E-state index >= 15 is 0 Å². The van der Waals surface area contributed by atoms with Crippen LogP contribution in [0.1, 0.15) is 57.4 Å². The summed E-state index contributed by atoms with van der Waals surface area (Å²) >= 11 is 0. The van der Waals surface area contributed by atoms with Crippen molar-refractivity contribution in [1.82, 2.24) is 5.43 Å². The summed E-state index contributed by atoms with van der Waals surface area (Å²) < 4.78 is 5.06. The van der Waals surface area contributed by atoms with E-state index in [1.165, 1.54) is 44.1 Å². The summed E-state index contributed by atoms with van der Waals surface area (Å²) in [5.41, 5.74) is 4.12. The van der Waals surface area contributed by atoms with Crippen LogP contribution >= 0.6 is 0 Å². The first-order valence-corrected chi connectivity index (χ1v) is 6.84. The van der Waals surface area contributed by atoms with Crippen molar-refractivity contribution >= 4 is 0 Å². The molecule has 0 bridgehead atoms. The second kappa shape index (κ2) is 9.25. The number of hydrogen-bond donors (Lipinski definition) is 2. The van der Waals surface area contributed by atoms with Gasteiger partial charge in [0.1, 0.15) is 0 Å². The average Bonchev–Trinajstić information content (AvgIpc) is 2.85. The van der Waals surface area contributed by atoms with Gasteiger partial charge in [0.25, 0.3) is 0 Å². The minimum Gasteiger partial charge on any atom is -0.472 e. The minimum absolute atomic E-state index is 0.374. The number of nitrogens with two attached hydrogens (primary N) is 1. The molecule has 1 rings (SSSR count). The highest BCUT2D eigenvalue weighted by molar-refractivity contribution is 5.07. The molecule has 0 saturated carbocycles. The zero-order chi connectivity index (χ0) is 12.3. The molecular formula is C14H26N2O. The van der Waals surface area contributed by atoms with Gasteiger partial charge in [-0.3, -0.25) is 11.3 Å². The fourth-order valence-electron chi connectivity index (χ4n) is 2.11. The number of rotatable bonds is 10. The van der Waals surface area contributed by atoms with E-state index in [0.717, 1.165) is 12.8 Å². The number of furan rings is 1. The highest BCUT2D eigenvalue weighted by Crippen LogP contribution is 2.11. The van der Waals surface area contributed by atoms with E-state index in [4.69, 9.17) is 10.3 Å². The molecule has 0 fully saturated rings. The Morgan fingerprint density at radius 1 is 1.24 bits per heavy atom. The smallest absolute Gasteiger partial charge is 0.0935 e. The highest BCUT2D eigenvalue weighted by atomic mass is 16.3. The molecule has 3 N–H and O–H groups in total. The molecule has 3 nitrogen and oxygen atoms in total. The van der Waals surface area contributed by atoms with Crippen LogP contribution in [0.5, 0.6) is 0 Å². The Hall–Kier alpha value is -0.800. The first-order valence-electron chi connectivity index (χ1n) is 6.84. The van der Waals surface area contributed by atoms with Gasteiger partial charge < -0.3 is 4.42 Å². The lowest BCUT2D eigenvalue weighted by Gasteiger charge is -2.14. The topological polar surface area (TPSA) is 51.2 Å². The van der Waals surface area contributed by atoms with Crippen LogP contribution in [0.4, 0.5) is 0 Å². The van der Waals surface area contributed by atoms with E-state index < -0.39 is 0 Å². The van der Waals surface area contributed by atoms with Crippen LogP contribution in [-0.2, 0) is 6.42 Å². The zero-order valence-corrected chi connectivity index (χ0v) is 11.0. The molecule has 0 aliphatic heterocycles. The van der Waals surface area contributed by atoms with Crippen LogP contribution in [-0.4, -0.2) is 6.04 Å². The van der Waals surface area contributed by atoms with Crippen molar-refractivity contribution in [2.24, 2.45) is 5.84 Å². The maximum Gasteiger partial charge on any atom is 0.0935 e. The van der Waals surface area contributed by atoms with Crippen molar-refractivity contribution < 1.29 is 4.42 Å². The number of hydrogen-bond acceptors (Lipinski definition) is 3. The van der Waals surface area contributed by atoms with Gasteiger partial charge in [-0.1, -0.05) is 45.4 Å². The maximum absolute atomic E-state index is 5.57. The standard InChI is InChI=1S/C14H26N2O/c1-2-3-4-5-6-7-8-14(16-15)11-13-9-10-17-12-13/h9-10,12,14,16H,2-8,11,15H2,1H3. The van der Waals surface area contributed by atoms with E-state index in [1.807, 2.05) is 6.07 Å². The van der Waals surface area contributed by atoms with Crippen LogP contribution in [0.2, 0.25) is 0 Å². The van der Waals surface area contributed by atoms with Gasteiger partial charge in [0.15, 0.2) is 0 Å². The second-order valence-corrected chi connectivity index (χ2v) is 4.76. The summed E-state index contributed by atoms with van der Waals surface area (Å²) in [7, 11) is 0. The fraction of sp³-hybridized carbons (Fsp3) is 0.714. The Morgan fingerprint density at radius 3 is 2.65 bits per heavy atom. The molecule has 0 radical (unpaired) electrons. The van der Waals surface area contributed by atoms with Crippen molar-refractivity contribution in [1.29, 1.82) is 0 Å². The lowest BCUT2D eigenvalue weighted by molar-refractivity contribution is 0.457. The largest absolute Gasteiger partial charge is 0.472 e. The van der Waals surface area contributed by atoms with Gasteiger partial charge in [-0.2, -0.15) is 0 Å². The predicted octanol–water partition coefficient (Wildman–Crippen LogP) is 3.40. The van der Waals surface area contributed by atoms with E-state index in [1.54, 1.807) is 12.5 Å². The molecular weight excluding hydrogens is 212 g/mol. The van der Waals surface area contributed by atoms with Crippen molar-refractivity contribution in [3.63, 3.8) is 0 Å². The first kappa shape index (κ1) is 14.3. The van der Waals surface area contributed by atoms with Crippen molar-refractivity contribution in [2.75, 3.05) is 0 Å². The van der Waals surface area contributed by atoms with Gasteiger partial charge in [0, 0.05) is 6.04 Å². The van der Waals surface area contributed by atoms with Gasteiger partial charge in [-0.15, -0.1) is 0 Å². The van der Waals surface area contributed by atoms with Gasteiger partial charge in [0.2, 0.25) is 0 Å². The summed E-state index contributed by atoms with van der Waals surface area (Å²) in [5, 5.41) is 0. The van der Waals surface area contributed by atoms with Gasteiger partial charge in [0.05, 0.1) is 12.5 Å². The molecule has 0 aliphatic rings. The van der Waals surface area contributed by atoms with Crippen molar-refractivity contribution in [3.8, 4) is 0 Å². The molecule has 1 aromatic heterocycles. The number of hydrazine groups is 1. The molecule has 0 spiro atoms. The van der Waals surface area contributed by atoms with E-state index in [0.29, 0.717) is 6.04 Å². The summed E-state index contributed by atoms with van der Waals surface area (Å²) in [6.45, 7) is 2.25. The van der Waals surface area contributed by atoms with Crippen LogP contribution < -0.4 is 11.3 Å². The van der Waals surface area contributed by atoms with E-state index in [-0.39, 0.29) is 0 Å². The SMILES string of the molecule is CCCCCCCCC(Cc1ccoc1)NN. The Balaban J connectivity index is 2.06. The van der Waals surface area contributed by atoms with Crippen molar-refractivity contribution in [2.45, 2.75) is 64.3 Å². The second-order valence-electron chi connectivity index (χ2n) is 4.76. The third-order valence-electron chi connectivity index (χ3n) is 3.20. The lowest BCUT2D eigenvalue weighted by atomic mass is 10.0. The predicted molar refractivity (Wildman–Crippen MR) is 71.5 cm³/mol. The molecule has 17 heavy (non-hydrogen) atoms. The Bertz CT molecular complexity index is 259.